The van der Waals surface area contributed by atoms with E-state index in [2.05, 4.69) is 5.32 Å². The molecule has 1 amide bonds. The van der Waals surface area contributed by atoms with Crippen LogP contribution in [0.3, 0.4) is 0 Å². The molecule has 7 nitrogen and oxygen atoms in total. The number of para-hydroxylation sites is 1. The normalized spacial score (nSPS) is 15.5. The summed E-state index contributed by atoms with van der Waals surface area (Å²) >= 11 is 0. The van der Waals surface area contributed by atoms with E-state index in [1.807, 2.05) is 56.0 Å². The van der Waals surface area contributed by atoms with Crippen LogP contribution in [0.5, 0.6) is 0 Å². The lowest BCUT2D eigenvalue weighted by Crippen LogP contribution is -2.46. The lowest BCUT2D eigenvalue weighted by atomic mass is 10.0. The van der Waals surface area contributed by atoms with Crippen molar-refractivity contribution >= 4 is 21.6 Å². The van der Waals surface area contributed by atoms with E-state index in [0.717, 1.165) is 11.1 Å². The van der Waals surface area contributed by atoms with E-state index in [-0.39, 0.29) is 29.5 Å². The van der Waals surface area contributed by atoms with Gasteiger partial charge < -0.3 is 10.2 Å². The van der Waals surface area contributed by atoms with Crippen LogP contribution in [0, 0.1) is 18.3 Å². The van der Waals surface area contributed by atoms with Crippen LogP contribution < -0.4 is 5.32 Å². The number of carbonyl (C=O) groups excluding carboxylic acids is 1. The quantitative estimate of drug-likeness (QED) is 0.535. The van der Waals surface area contributed by atoms with Crippen molar-refractivity contribution in [2.24, 2.45) is 0 Å². The lowest BCUT2D eigenvalue weighted by molar-refractivity contribution is -0.112. The molecule has 0 aromatic heterocycles. The van der Waals surface area contributed by atoms with Gasteiger partial charge in [-0.3, -0.25) is 4.79 Å². The predicted molar refractivity (Wildman–Crippen MR) is 124 cm³/mol. The highest BCUT2D eigenvalue weighted by Crippen LogP contribution is 2.24. The van der Waals surface area contributed by atoms with Crippen molar-refractivity contribution in [1.82, 2.24) is 9.21 Å². The molecule has 1 N–H and O–H groups in total. The summed E-state index contributed by atoms with van der Waals surface area (Å²) in [5, 5.41) is 12.4. The van der Waals surface area contributed by atoms with Crippen molar-refractivity contribution in [1.29, 1.82) is 5.26 Å². The minimum absolute atomic E-state index is 0.0154. The first-order valence-electron chi connectivity index (χ1n) is 10.6. The molecule has 0 bridgehead atoms. The number of sulfonamides is 1. The van der Waals surface area contributed by atoms with E-state index >= 15 is 0 Å². The van der Waals surface area contributed by atoms with Crippen molar-refractivity contribution in [3.63, 3.8) is 0 Å². The largest absolute Gasteiger partial charge is 0.373 e. The molecule has 1 heterocycles. The summed E-state index contributed by atoms with van der Waals surface area (Å²) in [6.07, 6.45) is 1.52. The van der Waals surface area contributed by atoms with Crippen LogP contribution in [0.15, 0.2) is 65.2 Å². The van der Waals surface area contributed by atoms with Gasteiger partial charge >= 0.3 is 0 Å². The zero-order valence-electron chi connectivity index (χ0n) is 18.6. The SMILES string of the molecule is Cc1ccc(S(=O)(=O)N2CCN(/C=C(/C#N)C(=O)Nc3ccccc3C(C)C)CC2)cc1. The fourth-order valence-electron chi connectivity index (χ4n) is 3.56. The maximum Gasteiger partial charge on any atom is 0.267 e. The maximum atomic E-state index is 12.9. The van der Waals surface area contributed by atoms with Gasteiger partial charge in [0, 0.05) is 38.1 Å². The minimum atomic E-state index is -3.56. The molecule has 2 aromatic rings. The summed E-state index contributed by atoms with van der Waals surface area (Å²) in [6, 6.07) is 16.3. The zero-order chi connectivity index (χ0) is 23.3. The molecule has 3 rings (SSSR count). The standard InChI is InChI=1S/C24H28N4O3S/c1-18(2)22-6-4-5-7-23(22)26-24(29)20(16-25)17-27-12-14-28(15-13-27)32(30,31)21-10-8-19(3)9-11-21/h4-11,17-18H,12-15H2,1-3H3,(H,26,29)/b20-17-. The topological polar surface area (TPSA) is 93.5 Å². The van der Waals surface area contributed by atoms with Gasteiger partial charge in [0.25, 0.3) is 5.91 Å². The van der Waals surface area contributed by atoms with Gasteiger partial charge in [0.15, 0.2) is 0 Å². The maximum absolute atomic E-state index is 12.9. The van der Waals surface area contributed by atoms with Gasteiger partial charge in [0.05, 0.1) is 4.90 Å². The molecule has 0 atom stereocenters. The van der Waals surface area contributed by atoms with Gasteiger partial charge in [-0.2, -0.15) is 9.57 Å². The molecule has 32 heavy (non-hydrogen) atoms. The van der Waals surface area contributed by atoms with Crippen LogP contribution in [0.2, 0.25) is 0 Å². The van der Waals surface area contributed by atoms with E-state index in [0.29, 0.717) is 18.8 Å². The minimum Gasteiger partial charge on any atom is -0.373 e. The summed E-state index contributed by atoms with van der Waals surface area (Å²) in [4.78, 5) is 14.8. The number of aryl methyl sites for hydroxylation is 1. The highest BCUT2D eigenvalue weighted by molar-refractivity contribution is 7.89. The Morgan fingerprint density at radius 1 is 1.06 bits per heavy atom. The smallest absolute Gasteiger partial charge is 0.267 e. The van der Waals surface area contributed by atoms with Gasteiger partial charge in [0.2, 0.25) is 10.0 Å². The Morgan fingerprint density at radius 3 is 2.28 bits per heavy atom. The zero-order valence-corrected chi connectivity index (χ0v) is 19.4. The van der Waals surface area contributed by atoms with Crippen LogP contribution in [-0.4, -0.2) is 49.7 Å². The van der Waals surface area contributed by atoms with Crippen molar-refractivity contribution in [3.8, 4) is 6.07 Å². The first kappa shape index (κ1) is 23.5. The Kier molecular flexibility index (Phi) is 7.33. The summed E-state index contributed by atoms with van der Waals surface area (Å²) < 4.78 is 27.2. The molecule has 0 aliphatic carbocycles. The highest BCUT2D eigenvalue weighted by atomic mass is 32.2. The number of piperazine rings is 1. The number of nitrogens with one attached hydrogen (secondary N) is 1. The molecule has 1 aliphatic rings. The monoisotopic (exact) mass is 452 g/mol. The first-order valence-corrected chi connectivity index (χ1v) is 12.0. The number of benzene rings is 2. The van der Waals surface area contributed by atoms with E-state index in [1.54, 1.807) is 24.3 Å². The number of carbonyl (C=O) groups is 1. The fourth-order valence-corrected chi connectivity index (χ4v) is 4.98. The molecule has 1 saturated heterocycles. The van der Waals surface area contributed by atoms with Gasteiger partial charge in [-0.25, -0.2) is 8.42 Å². The Labute approximate surface area is 190 Å². The molecule has 0 spiro atoms. The van der Waals surface area contributed by atoms with Gasteiger partial charge in [-0.05, 0) is 36.6 Å². The predicted octanol–water partition coefficient (Wildman–Crippen LogP) is 3.47. The highest BCUT2D eigenvalue weighted by Gasteiger charge is 2.28. The number of nitriles is 1. The second kappa shape index (κ2) is 9.98. The van der Waals surface area contributed by atoms with Crippen LogP contribution in [-0.2, 0) is 14.8 Å². The molecule has 8 heteroatoms. The Hall–Kier alpha value is -3.15. The molecule has 168 valence electrons. The summed E-state index contributed by atoms with van der Waals surface area (Å²) in [7, 11) is -3.56. The number of rotatable bonds is 6. The number of hydrogen-bond donors (Lipinski definition) is 1. The molecular weight excluding hydrogens is 424 g/mol. The van der Waals surface area contributed by atoms with Crippen LogP contribution >= 0.6 is 0 Å². The third-order valence-electron chi connectivity index (χ3n) is 5.44. The van der Waals surface area contributed by atoms with Crippen molar-refractivity contribution in [2.75, 3.05) is 31.5 Å². The first-order chi connectivity index (χ1) is 15.2. The fraction of sp³-hybridized carbons (Fsp3) is 0.333. The average molecular weight is 453 g/mol. The number of anilines is 1. The number of amides is 1. The second-order valence-electron chi connectivity index (χ2n) is 8.10. The van der Waals surface area contributed by atoms with E-state index in [4.69, 9.17) is 0 Å². The molecule has 1 fully saturated rings. The lowest BCUT2D eigenvalue weighted by Gasteiger charge is -2.33. The second-order valence-corrected chi connectivity index (χ2v) is 10.0. The van der Waals surface area contributed by atoms with Crippen LogP contribution in [0.1, 0.15) is 30.9 Å². The summed E-state index contributed by atoms with van der Waals surface area (Å²) in [5.41, 5.74) is 2.66. The Bertz CT molecular complexity index is 1140. The van der Waals surface area contributed by atoms with E-state index < -0.39 is 15.9 Å². The van der Waals surface area contributed by atoms with Gasteiger partial charge in [-0.1, -0.05) is 49.7 Å². The number of hydrogen-bond acceptors (Lipinski definition) is 5. The Balaban J connectivity index is 1.67. The molecule has 2 aromatic carbocycles. The average Bonchev–Trinajstić information content (AvgIpc) is 2.78. The van der Waals surface area contributed by atoms with Crippen molar-refractivity contribution in [2.45, 2.75) is 31.6 Å². The molecular formula is C24H28N4O3S. The Morgan fingerprint density at radius 2 is 1.69 bits per heavy atom. The van der Waals surface area contributed by atoms with Crippen molar-refractivity contribution in [3.05, 3.63) is 71.4 Å². The van der Waals surface area contributed by atoms with Gasteiger partial charge in [-0.15, -0.1) is 0 Å². The molecule has 1 aliphatic heterocycles. The van der Waals surface area contributed by atoms with Gasteiger partial charge in [0.1, 0.15) is 11.6 Å². The summed E-state index contributed by atoms with van der Waals surface area (Å²) in [5.74, 6) is -0.250. The molecule has 0 radical (unpaired) electrons. The summed E-state index contributed by atoms with van der Waals surface area (Å²) in [6.45, 7) is 7.34. The van der Waals surface area contributed by atoms with E-state index in [9.17, 15) is 18.5 Å². The van der Waals surface area contributed by atoms with Crippen LogP contribution in [0.4, 0.5) is 5.69 Å². The number of nitrogens with zero attached hydrogens (tertiary/aromatic N) is 3. The molecule has 0 unspecified atom stereocenters. The van der Waals surface area contributed by atoms with E-state index in [1.165, 1.54) is 10.5 Å². The third-order valence-corrected chi connectivity index (χ3v) is 7.35. The van der Waals surface area contributed by atoms with Crippen LogP contribution in [0.25, 0.3) is 0 Å². The third kappa shape index (κ3) is 5.36. The van der Waals surface area contributed by atoms with Crippen molar-refractivity contribution < 1.29 is 13.2 Å². The molecule has 0 saturated carbocycles.